The van der Waals surface area contributed by atoms with Crippen molar-refractivity contribution in [2.45, 2.75) is 19.8 Å². The normalized spacial score (nSPS) is 13.5. The summed E-state index contributed by atoms with van der Waals surface area (Å²) in [7, 11) is 1.56. The van der Waals surface area contributed by atoms with Gasteiger partial charge in [-0.25, -0.2) is 0 Å². The first-order valence-corrected chi connectivity index (χ1v) is 10.1. The summed E-state index contributed by atoms with van der Waals surface area (Å²) in [6.45, 7) is 3.03. The van der Waals surface area contributed by atoms with Crippen molar-refractivity contribution in [3.05, 3.63) is 60.2 Å². The lowest BCUT2D eigenvalue weighted by molar-refractivity contribution is -0.117. The molecule has 1 fully saturated rings. The summed E-state index contributed by atoms with van der Waals surface area (Å²) < 4.78 is 11.2. The van der Waals surface area contributed by atoms with Crippen molar-refractivity contribution in [2.24, 2.45) is 0 Å². The van der Waals surface area contributed by atoms with Gasteiger partial charge < -0.3 is 19.7 Å². The number of carbonyl (C=O) groups is 2. The van der Waals surface area contributed by atoms with E-state index in [-0.39, 0.29) is 11.8 Å². The Morgan fingerprint density at radius 2 is 1.93 bits per heavy atom. The van der Waals surface area contributed by atoms with E-state index in [0.717, 1.165) is 22.9 Å². The monoisotopic (exact) mass is 404 g/mol. The van der Waals surface area contributed by atoms with E-state index in [0.29, 0.717) is 42.3 Å². The minimum atomic E-state index is -0.262. The van der Waals surface area contributed by atoms with E-state index in [9.17, 15) is 9.59 Å². The van der Waals surface area contributed by atoms with Gasteiger partial charge in [0.05, 0.1) is 25.0 Å². The Morgan fingerprint density at radius 3 is 2.67 bits per heavy atom. The first kappa shape index (κ1) is 19.8. The van der Waals surface area contributed by atoms with Crippen molar-refractivity contribution in [2.75, 3.05) is 30.5 Å². The van der Waals surface area contributed by atoms with Gasteiger partial charge in [-0.05, 0) is 42.3 Å². The molecule has 0 spiro atoms. The van der Waals surface area contributed by atoms with Crippen molar-refractivity contribution in [3.8, 4) is 11.5 Å². The number of rotatable bonds is 6. The molecule has 0 atom stereocenters. The lowest BCUT2D eigenvalue weighted by atomic mass is 10.0. The third-order valence-electron chi connectivity index (χ3n) is 5.22. The quantitative estimate of drug-likeness (QED) is 0.651. The number of nitrogens with one attached hydrogen (secondary N) is 1. The zero-order valence-electron chi connectivity index (χ0n) is 17.1. The van der Waals surface area contributed by atoms with E-state index >= 15 is 0 Å². The predicted molar refractivity (Wildman–Crippen MR) is 118 cm³/mol. The summed E-state index contributed by atoms with van der Waals surface area (Å²) in [6, 6.07) is 16.8. The van der Waals surface area contributed by atoms with Crippen molar-refractivity contribution in [1.29, 1.82) is 0 Å². The number of hydrogen-bond acceptors (Lipinski definition) is 4. The molecule has 0 radical (unpaired) electrons. The van der Waals surface area contributed by atoms with Gasteiger partial charge in [-0.2, -0.15) is 0 Å². The van der Waals surface area contributed by atoms with Gasteiger partial charge in [-0.1, -0.05) is 30.3 Å². The van der Waals surface area contributed by atoms with E-state index < -0.39 is 0 Å². The first-order valence-electron chi connectivity index (χ1n) is 10.1. The van der Waals surface area contributed by atoms with Crippen LogP contribution in [0.5, 0.6) is 11.5 Å². The second-order valence-corrected chi connectivity index (χ2v) is 7.08. The minimum absolute atomic E-state index is 0.0854. The van der Waals surface area contributed by atoms with E-state index in [2.05, 4.69) is 5.32 Å². The number of fused-ring (bicyclic) bond motifs is 1. The van der Waals surface area contributed by atoms with Gasteiger partial charge in [-0.3, -0.25) is 9.59 Å². The van der Waals surface area contributed by atoms with Gasteiger partial charge in [-0.15, -0.1) is 0 Å². The Labute approximate surface area is 175 Å². The minimum Gasteiger partial charge on any atom is -0.494 e. The maximum absolute atomic E-state index is 13.2. The van der Waals surface area contributed by atoms with Crippen LogP contribution in [-0.2, 0) is 4.79 Å². The molecule has 0 bridgehead atoms. The Bertz CT molecular complexity index is 1110. The fourth-order valence-electron chi connectivity index (χ4n) is 3.84. The number of hydrogen-bond donors (Lipinski definition) is 1. The predicted octanol–water partition coefficient (Wildman–Crippen LogP) is 4.63. The molecule has 0 saturated carbocycles. The number of ether oxygens (including phenoxy) is 2. The molecule has 0 unspecified atom stereocenters. The lowest BCUT2D eigenvalue weighted by Gasteiger charge is -2.20. The molecule has 1 aliphatic rings. The largest absolute Gasteiger partial charge is 0.494 e. The second-order valence-electron chi connectivity index (χ2n) is 7.08. The number of amides is 2. The van der Waals surface area contributed by atoms with Gasteiger partial charge in [0.25, 0.3) is 5.91 Å². The highest BCUT2D eigenvalue weighted by molar-refractivity contribution is 6.15. The topological polar surface area (TPSA) is 67.9 Å². The van der Waals surface area contributed by atoms with Crippen molar-refractivity contribution < 1.29 is 19.1 Å². The number of carbonyl (C=O) groups excluding carboxylic acids is 2. The van der Waals surface area contributed by atoms with Gasteiger partial charge in [0, 0.05) is 24.7 Å². The molecular formula is C24H24N2O4. The van der Waals surface area contributed by atoms with E-state index in [1.165, 1.54) is 0 Å². The zero-order chi connectivity index (χ0) is 21.1. The SMILES string of the molecule is CCOc1ccc2ccccc2c1C(=O)Nc1ccc(N2CCCC2=O)c(OC)c1. The molecule has 0 aliphatic carbocycles. The third-order valence-corrected chi connectivity index (χ3v) is 5.22. The number of methoxy groups -OCH3 is 1. The molecule has 154 valence electrons. The molecule has 3 aromatic rings. The molecule has 0 aromatic heterocycles. The average Bonchev–Trinajstić information content (AvgIpc) is 3.19. The van der Waals surface area contributed by atoms with E-state index in [1.807, 2.05) is 49.4 Å². The van der Waals surface area contributed by atoms with Crippen LogP contribution in [0.4, 0.5) is 11.4 Å². The zero-order valence-corrected chi connectivity index (χ0v) is 17.1. The van der Waals surface area contributed by atoms with Gasteiger partial charge in [0.15, 0.2) is 0 Å². The smallest absolute Gasteiger partial charge is 0.260 e. The highest BCUT2D eigenvalue weighted by atomic mass is 16.5. The third kappa shape index (κ3) is 3.68. The lowest BCUT2D eigenvalue weighted by Crippen LogP contribution is -2.24. The molecule has 2 amide bonds. The van der Waals surface area contributed by atoms with Crippen LogP contribution in [0.15, 0.2) is 54.6 Å². The Hall–Kier alpha value is -3.54. The van der Waals surface area contributed by atoms with Crippen LogP contribution in [0.25, 0.3) is 10.8 Å². The summed E-state index contributed by atoms with van der Waals surface area (Å²) in [4.78, 5) is 27.0. The van der Waals surface area contributed by atoms with Crippen LogP contribution in [-0.4, -0.2) is 32.1 Å². The molecule has 1 aliphatic heterocycles. The Balaban J connectivity index is 1.67. The molecule has 30 heavy (non-hydrogen) atoms. The highest BCUT2D eigenvalue weighted by Crippen LogP contribution is 2.35. The van der Waals surface area contributed by atoms with Crippen molar-refractivity contribution in [3.63, 3.8) is 0 Å². The molecule has 6 nitrogen and oxygen atoms in total. The highest BCUT2D eigenvalue weighted by Gasteiger charge is 2.25. The van der Waals surface area contributed by atoms with Gasteiger partial charge in [0.1, 0.15) is 11.5 Å². The van der Waals surface area contributed by atoms with Crippen LogP contribution in [0, 0.1) is 0 Å². The van der Waals surface area contributed by atoms with E-state index in [1.54, 1.807) is 24.1 Å². The summed E-state index contributed by atoms with van der Waals surface area (Å²) in [6.07, 6.45) is 1.38. The molecular weight excluding hydrogens is 380 g/mol. The summed E-state index contributed by atoms with van der Waals surface area (Å²) in [5.41, 5.74) is 1.80. The van der Waals surface area contributed by atoms with Crippen molar-refractivity contribution >= 4 is 34.0 Å². The molecule has 6 heteroatoms. The van der Waals surface area contributed by atoms with Crippen LogP contribution in [0.2, 0.25) is 0 Å². The van der Waals surface area contributed by atoms with Gasteiger partial charge in [0.2, 0.25) is 5.91 Å². The fourth-order valence-corrected chi connectivity index (χ4v) is 3.84. The average molecular weight is 404 g/mol. The summed E-state index contributed by atoms with van der Waals surface area (Å²) >= 11 is 0. The Kier molecular flexibility index (Phi) is 5.57. The van der Waals surface area contributed by atoms with Gasteiger partial charge >= 0.3 is 0 Å². The maximum atomic E-state index is 13.2. The number of anilines is 2. The van der Waals surface area contributed by atoms with Crippen molar-refractivity contribution in [1.82, 2.24) is 0 Å². The molecule has 1 heterocycles. The summed E-state index contributed by atoms with van der Waals surface area (Å²) in [5, 5.41) is 4.74. The Morgan fingerprint density at radius 1 is 1.10 bits per heavy atom. The number of nitrogens with zero attached hydrogens (tertiary/aromatic N) is 1. The van der Waals surface area contributed by atoms with Crippen LogP contribution in [0.3, 0.4) is 0 Å². The number of benzene rings is 3. The molecule has 3 aromatic carbocycles. The van der Waals surface area contributed by atoms with Crippen LogP contribution in [0.1, 0.15) is 30.1 Å². The van der Waals surface area contributed by atoms with Crippen LogP contribution < -0.4 is 19.7 Å². The van der Waals surface area contributed by atoms with Crippen LogP contribution >= 0.6 is 0 Å². The first-order chi connectivity index (χ1) is 14.6. The van der Waals surface area contributed by atoms with E-state index in [4.69, 9.17) is 9.47 Å². The molecule has 1 N–H and O–H groups in total. The summed E-state index contributed by atoms with van der Waals surface area (Å²) in [5.74, 6) is 0.912. The molecule has 1 saturated heterocycles. The standard InChI is InChI=1S/C24H24N2O4/c1-3-30-20-13-10-16-7-4-5-8-18(16)23(20)24(28)25-17-11-12-19(21(15-17)29-2)26-14-6-9-22(26)27/h4-5,7-8,10-13,15H,3,6,9,14H2,1-2H3,(H,25,28). The maximum Gasteiger partial charge on any atom is 0.260 e. The second kappa shape index (κ2) is 8.45. The fraction of sp³-hybridized carbons (Fsp3) is 0.250. The molecule has 4 rings (SSSR count).